The molecule has 0 saturated heterocycles. The van der Waals surface area contributed by atoms with Crippen LogP contribution in [0.4, 0.5) is 0 Å². The second-order valence-corrected chi connectivity index (χ2v) is 6.24. The first kappa shape index (κ1) is 15.3. The van der Waals surface area contributed by atoms with Crippen LogP contribution >= 0.6 is 11.8 Å². The normalized spacial score (nSPS) is 12.0. The van der Waals surface area contributed by atoms with Crippen LogP contribution < -0.4 is 5.32 Å². The number of hydrogen-bond donors (Lipinski definition) is 1. The highest BCUT2D eigenvalue weighted by Gasteiger charge is 2.08. The van der Waals surface area contributed by atoms with Crippen molar-refractivity contribution in [1.29, 1.82) is 0 Å². The van der Waals surface area contributed by atoms with Crippen LogP contribution in [-0.2, 0) is 4.74 Å². The van der Waals surface area contributed by atoms with E-state index in [0.717, 1.165) is 19.7 Å². The first-order valence-corrected chi connectivity index (χ1v) is 6.99. The van der Waals surface area contributed by atoms with E-state index < -0.39 is 0 Å². The molecule has 0 aromatic carbocycles. The Labute approximate surface area is 99.5 Å². The number of hydrogen-bond acceptors (Lipinski definition) is 3. The van der Waals surface area contributed by atoms with Crippen molar-refractivity contribution in [2.45, 2.75) is 33.6 Å². The van der Waals surface area contributed by atoms with Gasteiger partial charge >= 0.3 is 0 Å². The molecule has 0 spiro atoms. The summed E-state index contributed by atoms with van der Waals surface area (Å²) in [7, 11) is 1.76. The number of nitrogens with one attached hydrogen (secondary N) is 1. The lowest BCUT2D eigenvalue weighted by Crippen LogP contribution is -2.22. The number of ether oxygens (including phenoxy) is 1. The third-order valence-corrected chi connectivity index (χ3v) is 3.18. The average molecular weight is 233 g/mol. The average Bonchev–Trinajstić information content (AvgIpc) is 2.14. The molecule has 0 aliphatic carbocycles. The lowest BCUT2D eigenvalue weighted by atomic mass is 9.92. The Hall–Kier alpha value is 0.270. The monoisotopic (exact) mass is 233 g/mol. The van der Waals surface area contributed by atoms with E-state index in [-0.39, 0.29) is 0 Å². The highest BCUT2D eigenvalue weighted by molar-refractivity contribution is 7.99. The van der Waals surface area contributed by atoms with Crippen LogP contribution in [0.5, 0.6) is 0 Å². The smallest absolute Gasteiger partial charge is 0.0470 e. The van der Waals surface area contributed by atoms with Gasteiger partial charge in [-0.1, -0.05) is 20.8 Å². The Bertz CT molecular complexity index is 134. The van der Waals surface area contributed by atoms with Crippen LogP contribution in [0.15, 0.2) is 0 Å². The summed E-state index contributed by atoms with van der Waals surface area (Å²) in [5.74, 6) is 2.43. The molecule has 0 fully saturated rings. The van der Waals surface area contributed by atoms with Gasteiger partial charge in [-0.25, -0.2) is 0 Å². The van der Waals surface area contributed by atoms with Crippen LogP contribution in [0.3, 0.4) is 0 Å². The molecule has 0 rings (SSSR count). The molecule has 0 aliphatic heterocycles. The summed E-state index contributed by atoms with van der Waals surface area (Å²) in [6, 6.07) is 0. The second kappa shape index (κ2) is 9.49. The van der Waals surface area contributed by atoms with Gasteiger partial charge in [0.2, 0.25) is 0 Å². The van der Waals surface area contributed by atoms with Crippen LogP contribution in [-0.4, -0.2) is 38.3 Å². The van der Waals surface area contributed by atoms with Crippen molar-refractivity contribution in [1.82, 2.24) is 5.32 Å². The van der Waals surface area contributed by atoms with E-state index in [1.165, 1.54) is 24.3 Å². The van der Waals surface area contributed by atoms with Crippen molar-refractivity contribution in [2.75, 3.05) is 38.3 Å². The Morgan fingerprint density at radius 2 is 1.87 bits per heavy atom. The molecule has 0 bridgehead atoms. The van der Waals surface area contributed by atoms with Crippen LogP contribution in [0.1, 0.15) is 33.6 Å². The van der Waals surface area contributed by atoms with Crippen molar-refractivity contribution >= 4 is 11.8 Å². The maximum atomic E-state index is 5.00. The molecular weight excluding hydrogens is 206 g/mol. The van der Waals surface area contributed by atoms with Crippen molar-refractivity contribution in [3.63, 3.8) is 0 Å². The molecule has 0 aromatic rings. The van der Waals surface area contributed by atoms with E-state index in [0.29, 0.717) is 5.41 Å². The number of rotatable bonds is 9. The van der Waals surface area contributed by atoms with Crippen LogP contribution in [0.25, 0.3) is 0 Å². The predicted molar refractivity (Wildman–Crippen MR) is 70.8 cm³/mol. The van der Waals surface area contributed by atoms with E-state index >= 15 is 0 Å². The van der Waals surface area contributed by atoms with Crippen LogP contribution in [0, 0.1) is 5.41 Å². The second-order valence-electron chi connectivity index (χ2n) is 5.02. The van der Waals surface area contributed by atoms with Crippen molar-refractivity contribution in [3.8, 4) is 0 Å². The maximum absolute atomic E-state index is 5.00. The molecule has 0 amide bonds. The summed E-state index contributed by atoms with van der Waals surface area (Å²) in [6.45, 7) is 10.0. The largest absolute Gasteiger partial charge is 0.385 e. The zero-order valence-electron chi connectivity index (χ0n) is 10.8. The van der Waals surface area contributed by atoms with Gasteiger partial charge in [0, 0.05) is 26.0 Å². The predicted octanol–water partition coefficient (Wildman–Crippen LogP) is 2.78. The molecule has 1 N–H and O–H groups in total. The van der Waals surface area contributed by atoms with Gasteiger partial charge in [-0.2, -0.15) is 11.8 Å². The van der Waals surface area contributed by atoms with E-state index in [9.17, 15) is 0 Å². The topological polar surface area (TPSA) is 21.3 Å². The van der Waals surface area contributed by atoms with Gasteiger partial charge < -0.3 is 10.1 Å². The highest BCUT2D eigenvalue weighted by Crippen LogP contribution is 2.16. The Morgan fingerprint density at radius 1 is 1.13 bits per heavy atom. The SMILES string of the molecule is COCCCSCCNCCC(C)(C)C. The van der Waals surface area contributed by atoms with Gasteiger partial charge in [0.05, 0.1) is 0 Å². The Morgan fingerprint density at radius 3 is 2.47 bits per heavy atom. The molecule has 0 aliphatic rings. The standard InChI is InChI=1S/C12H27NOS/c1-12(2,3)6-7-13-8-11-15-10-5-9-14-4/h13H,5-11H2,1-4H3. The minimum absolute atomic E-state index is 0.457. The van der Waals surface area contributed by atoms with Crippen molar-refractivity contribution in [3.05, 3.63) is 0 Å². The zero-order valence-corrected chi connectivity index (χ0v) is 11.6. The van der Waals surface area contributed by atoms with Crippen molar-refractivity contribution in [2.24, 2.45) is 5.41 Å². The summed E-state index contributed by atoms with van der Waals surface area (Å²) in [5, 5.41) is 3.48. The van der Waals surface area contributed by atoms with E-state index in [1.54, 1.807) is 7.11 Å². The first-order valence-electron chi connectivity index (χ1n) is 5.83. The third-order valence-electron chi connectivity index (χ3n) is 2.11. The Balaban J connectivity index is 2.99. The van der Waals surface area contributed by atoms with Gasteiger partial charge in [-0.15, -0.1) is 0 Å². The number of methoxy groups -OCH3 is 1. The third kappa shape index (κ3) is 14.3. The zero-order chi connectivity index (χ0) is 11.6. The molecule has 15 heavy (non-hydrogen) atoms. The molecule has 0 heterocycles. The van der Waals surface area contributed by atoms with Gasteiger partial charge in [0.1, 0.15) is 0 Å². The van der Waals surface area contributed by atoms with Gasteiger partial charge in [0.15, 0.2) is 0 Å². The molecule has 0 saturated carbocycles. The molecule has 0 atom stereocenters. The lowest BCUT2D eigenvalue weighted by molar-refractivity contribution is 0.200. The summed E-state index contributed by atoms with van der Waals surface area (Å²) in [4.78, 5) is 0. The fourth-order valence-electron chi connectivity index (χ4n) is 1.14. The van der Waals surface area contributed by atoms with E-state index in [4.69, 9.17) is 4.74 Å². The molecule has 92 valence electrons. The molecule has 0 aromatic heterocycles. The maximum Gasteiger partial charge on any atom is 0.0470 e. The quantitative estimate of drug-likeness (QED) is 0.619. The van der Waals surface area contributed by atoms with E-state index in [2.05, 4.69) is 26.1 Å². The summed E-state index contributed by atoms with van der Waals surface area (Å²) in [5.41, 5.74) is 0.457. The molecular formula is C12H27NOS. The molecule has 0 unspecified atom stereocenters. The summed E-state index contributed by atoms with van der Waals surface area (Å²) < 4.78 is 5.00. The Kier molecular flexibility index (Phi) is 9.66. The minimum atomic E-state index is 0.457. The highest BCUT2D eigenvalue weighted by atomic mass is 32.2. The molecule has 0 radical (unpaired) electrons. The minimum Gasteiger partial charge on any atom is -0.385 e. The van der Waals surface area contributed by atoms with Crippen LogP contribution in [0.2, 0.25) is 0 Å². The van der Waals surface area contributed by atoms with Gasteiger partial charge in [0.25, 0.3) is 0 Å². The van der Waals surface area contributed by atoms with E-state index in [1.807, 2.05) is 11.8 Å². The number of thioether (sulfide) groups is 1. The van der Waals surface area contributed by atoms with Gasteiger partial charge in [-0.3, -0.25) is 0 Å². The van der Waals surface area contributed by atoms with Crippen molar-refractivity contribution < 1.29 is 4.74 Å². The molecule has 3 heteroatoms. The fourth-order valence-corrected chi connectivity index (χ4v) is 1.95. The first-order chi connectivity index (χ1) is 7.06. The molecule has 2 nitrogen and oxygen atoms in total. The van der Waals surface area contributed by atoms with Gasteiger partial charge in [-0.05, 0) is 30.6 Å². The lowest BCUT2D eigenvalue weighted by Gasteiger charge is -2.17. The summed E-state index contributed by atoms with van der Waals surface area (Å²) in [6.07, 6.45) is 2.42. The summed E-state index contributed by atoms with van der Waals surface area (Å²) >= 11 is 2.01. The fraction of sp³-hybridized carbons (Fsp3) is 1.00.